The first-order valence-electron chi connectivity index (χ1n) is 21.3. The van der Waals surface area contributed by atoms with Crippen LogP contribution in [-0.2, 0) is 19.1 Å². The first kappa shape index (κ1) is 48.6. The second-order valence-corrected chi connectivity index (χ2v) is 14.4. The average Bonchev–Trinajstić information content (AvgIpc) is 3.11. The zero-order valence-electron chi connectivity index (χ0n) is 33.2. The fourth-order valence-corrected chi connectivity index (χ4v) is 6.15. The Labute approximate surface area is 314 Å². The van der Waals surface area contributed by atoms with Crippen LogP contribution in [0.15, 0.2) is 36.5 Å². The van der Waals surface area contributed by atoms with Crippen LogP contribution in [0.3, 0.4) is 0 Å². The number of nitrogens with two attached hydrogens (primary N) is 1. The molecule has 0 aromatic rings. The second-order valence-electron chi connectivity index (χ2n) is 14.4. The Morgan fingerprint density at radius 1 is 0.588 bits per heavy atom. The Kier molecular flexibility index (Phi) is 37.0. The summed E-state index contributed by atoms with van der Waals surface area (Å²) in [6.07, 6.45) is 44.9. The van der Waals surface area contributed by atoms with Gasteiger partial charge in [-0.3, -0.25) is 9.59 Å². The van der Waals surface area contributed by atoms with Crippen LogP contribution < -0.4 is 11.1 Å². The molecule has 1 amide bonds. The molecule has 51 heavy (non-hydrogen) atoms. The molecule has 0 aromatic carbocycles. The van der Waals surface area contributed by atoms with Crippen LogP contribution in [0.2, 0.25) is 0 Å². The van der Waals surface area contributed by atoms with E-state index in [0.717, 1.165) is 77.0 Å². The van der Waals surface area contributed by atoms with Gasteiger partial charge in [0.25, 0.3) is 0 Å². The number of hydrogen-bond acceptors (Lipinski definition) is 5. The fourth-order valence-electron chi connectivity index (χ4n) is 6.15. The Morgan fingerprint density at radius 3 is 1.67 bits per heavy atom. The van der Waals surface area contributed by atoms with Gasteiger partial charge in [0.15, 0.2) is 0 Å². The third kappa shape index (κ3) is 35.8. The van der Waals surface area contributed by atoms with Crippen LogP contribution in [0.1, 0.15) is 206 Å². The van der Waals surface area contributed by atoms with Crippen molar-refractivity contribution in [3.8, 4) is 0 Å². The zero-order valence-corrected chi connectivity index (χ0v) is 33.2. The molecule has 0 fully saturated rings. The van der Waals surface area contributed by atoms with Gasteiger partial charge in [0.2, 0.25) is 5.91 Å². The van der Waals surface area contributed by atoms with Gasteiger partial charge >= 0.3 is 11.9 Å². The molecule has 0 saturated heterocycles. The molecule has 0 aliphatic carbocycles. The van der Waals surface area contributed by atoms with Gasteiger partial charge in [-0.05, 0) is 96.1 Å². The van der Waals surface area contributed by atoms with Gasteiger partial charge in [0.1, 0.15) is 12.1 Å². The summed E-state index contributed by atoms with van der Waals surface area (Å²) in [6.45, 7) is 4.91. The number of carbonyl (C=O) groups is 3. The lowest BCUT2D eigenvalue weighted by molar-refractivity contribution is -0.147. The van der Waals surface area contributed by atoms with Crippen molar-refractivity contribution >= 4 is 17.8 Å². The van der Waals surface area contributed by atoms with Crippen molar-refractivity contribution in [2.45, 2.75) is 219 Å². The monoisotopic (exact) mass is 717 g/mol. The quantitative estimate of drug-likeness (QED) is 0.0332. The zero-order chi connectivity index (χ0) is 37.5. The number of carbonyl (C=O) groups excluding carboxylic acids is 2. The highest BCUT2D eigenvalue weighted by atomic mass is 16.5. The Bertz CT molecular complexity index is 900. The fraction of sp³-hybridized carbons (Fsp3) is 0.795. The third-order valence-corrected chi connectivity index (χ3v) is 9.41. The molecule has 2 unspecified atom stereocenters. The van der Waals surface area contributed by atoms with Crippen molar-refractivity contribution in [3.05, 3.63) is 36.5 Å². The highest BCUT2D eigenvalue weighted by Gasteiger charge is 2.18. The normalized spacial score (nSPS) is 13.0. The molecule has 7 heteroatoms. The van der Waals surface area contributed by atoms with E-state index >= 15 is 0 Å². The first-order chi connectivity index (χ1) is 24.9. The second kappa shape index (κ2) is 38.8. The standard InChI is InChI=1S/C44H80N2O5/c1-3-5-7-9-11-13-14-15-16-17-18-20-22-28-32-38-43(48)51-40(34-29-25-21-19-12-10-8-6-4-2)35-30-26-23-24-27-31-37-42(47)46-41(44(49)50)36-33-39-45/h11,13,15-16,29,34,40-41H,3-10,12,14,17-28,30-33,35-39,45H2,1-2H3,(H,46,47)(H,49,50)/b13-11-,16-15-,34-29-. The van der Waals surface area contributed by atoms with Crippen LogP contribution in [0.25, 0.3) is 0 Å². The largest absolute Gasteiger partial charge is 0.480 e. The molecular weight excluding hydrogens is 636 g/mol. The minimum atomic E-state index is -1.00. The van der Waals surface area contributed by atoms with Crippen LogP contribution in [0.5, 0.6) is 0 Å². The Hall–Kier alpha value is -2.41. The molecule has 0 heterocycles. The van der Waals surface area contributed by atoms with E-state index < -0.39 is 12.0 Å². The maximum Gasteiger partial charge on any atom is 0.326 e. The van der Waals surface area contributed by atoms with Crippen molar-refractivity contribution < 1.29 is 24.2 Å². The number of esters is 1. The highest BCUT2D eigenvalue weighted by molar-refractivity contribution is 5.83. The molecule has 0 aliphatic rings. The number of amides is 1. The number of unbranched alkanes of at least 4 members (excludes halogenated alkanes) is 20. The summed E-state index contributed by atoms with van der Waals surface area (Å²) in [4.78, 5) is 36.2. The number of carboxylic acid groups (broad SMARTS) is 1. The molecule has 7 nitrogen and oxygen atoms in total. The van der Waals surface area contributed by atoms with Crippen molar-refractivity contribution in [2.75, 3.05) is 6.54 Å². The third-order valence-electron chi connectivity index (χ3n) is 9.41. The summed E-state index contributed by atoms with van der Waals surface area (Å²) in [5.41, 5.74) is 5.47. The lowest BCUT2D eigenvalue weighted by Gasteiger charge is -2.15. The summed E-state index contributed by atoms with van der Waals surface area (Å²) < 4.78 is 5.95. The topological polar surface area (TPSA) is 119 Å². The molecule has 0 rings (SSSR count). The molecule has 0 aromatic heterocycles. The van der Waals surface area contributed by atoms with E-state index in [-0.39, 0.29) is 18.0 Å². The Morgan fingerprint density at radius 2 is 1.08 bits per heavy atom. The van der Waals surface area contributed by atoms with E-state index in [0.29, 0.717) is 32.2 Å². The maximum atomic E-state index is 12.7. The maximum absolute atomic E-state index is 12.7. The number of allylic oxidation sites excluding steroid dienone is 5. The van der Waals surface area contributed by atoms with Gasteiger partial charge in [0, 0.05) is 12.8 Å². The van der Waals surface area contributed by atoms with Crippen LogP contribution in [0, 0.1) is 0 Å². The van der Waals surface area contributed by atoms with Gasteiger partial charge < -0.3 is 20.9 Å². The van der Waals surface area contributed by atoms with Gasteiger partial charge in [-0.15, -0.1) is 0 Å². The predicted molar refractivity (Wildman–Crippen MR) is 216 cm³/mol. The molecule has 2 atom stereocenters. The highest BCUT2D eigenvalue weighted by Crippen LogP contribution is 2.16. The molecule has 0 radical (unpaired) electrons. The van der Waals surface area contributed by atoms with Crippen molar-refractivity contribution in [2.24, 2.45) is 5.73 Å². The van der Waals surface area contributed by atoms with E-state index in [2.05, 4.69) is 55.6 Å². The van der Waals surface area contributed by atoms with Crippen LogP contribution in [-0.4, -0.2) is 41.6 Å². The number of aliphatic carboxylic acids is 1. The van der Waals surface area contributed by atoms with Crippen molar-refractivity contribution in [1.82, 2.24) is 5.32 Å². The van der Waals surface area contributed by atoms with Gasteiger partial charge in [-0.25, -0.2) is 4.79 Å². The smallest absolute Gasteiger partial charge is 0.326 e. The molecule has 0 bridgehead atoms. The SMILES string of the molecule is CCCCC/C=C\C/C=C\CCCCCCCC(=O)OC(/C=C\CCCCCCCCC)CCCCCCCCC(=O)NC(CCCN)C(=O)O. The lowest BCUT2D eigenvalue weighted by atomic mass is 10.0. The Balaban J connectivity index is 4.31. The summed E-state index contributed by atoms with van der Waals surface area (Å²) in [6, 6.07) is -0.854. The first-order valence-corrected chi connectivity index (χ1v) is 21.3. The van der Waals surface area contributed by atoms with Crippen molar-refractivity contribution in [1.29, 1.82) is 0 Å². The van der Waals surface area contributed by atoms with E-state index in [1.807, 2.05) is 0 Å². The molecule has 296 valence electrons. The molecule has 4 N–H and O–H groups in total. The summed E-state index contributed by atoms with van der Waals surface area (Å²) >= 11 is 0. The summed E-state index contributed by atoms with van der Waals surface area (Å²) in [7, 11) is 0. The number of nitrogens with one attached hydrogen (secondary N) is 1. The molecule has 0 aliphatic heterocycles. The number of hydrogen-bond donors (Lipinski definition) is 3. The van der Waals surface area contributed by atoms with E-state index in [9.17, 15) is 19.5 Å². The van der Waals surface area contributed by atoms with Crippen molar-refractivity contribution in [3.63, 3.8) is 0 Å². The van der Waals surface area contributed by atoms with E-state index in [1.54, 1.807) is 0 Å². The number of rotatable bonds is 38. The number of ether oxygens (including phenoxy) is 1. The van der Waals surface area contributed by atoms with E-state index in [4.69, 9.17) is 10.5 Å². The molecular formula is C44H80N2O5. The van der Waals surface area contributed by atoms with Crippen LogP contribution in [0.4, 0.5) is 0 Å². The predicted octanol–water partition coefficient (Wildman–Crippen LogP) is 11.8. The number of carboxylic acids is 1. The minimum absolute atomic E-state index is 0.0716. The molecule has 0 spiro atoms. The van der Waals surface area contributed by atoms with Gasteiger partial charge in [0.05, 0.1) is 0 Å². The average molecular weight is 717 g/mol. The van der Waals surface area contributed by atoms with Gasteiger partial charge in [-0.2, -0.15) is 0 Å². The summed E-state index contributed by atoms with van der Waals surface area (Å²) in [5.74, 6) is -1.28. The van der Waals surface area contributed by atoms with E-state index in [1.165, 1.54) is 89.9 Å². The summed E-state index contributed by atoms with van der Waals surface area (Å²) in [5, 5.41) is 11.9. The van der Waals surface area contributed by atoms with Crippen LogP contribution >= 0.6 is 0 Å². The molecule has 0 saturated carbocycles. The lowest BCUT2D eigenvalue weighted by Crippen LogP contribution is -2.40. The minimum Gasteiger partial charge on any atom is -0.480 e. The van der Waals surface area contributed by atoms with Gasteiger partial charge in [-0.1, -0.05) is 141 Å².